The fourth-order valence-corrected chi connectivity index (χ4v) is 2.94. The van der Waals surface area contributed by atoms with Gasteiger partial charge in [0.1, 0.15) is 18.2 Å². The Bertz CT molecular complexity index is 644. The number of benzene rings is 1. The maximum absolute atomic E-state index is 5.69. The summed E-state index contributed by atoms with van der Waals surface area (Å²) < 4.78 is 11.3. The lowest BCUT2D eigenvalue weighted by Crippen LogP contribution is -3.24. The average molecular weight is 303 g/mol. The fourth-order valence-electron chi connectivity index (χ4n) is 2.94. The second kappa shape index (κ2) is 5.94. The molecule has 7 heteroatoms. The number of rotatable bonds is 3. The summed E-state index contributed by atoms with van der Waals surface area (Å²) in [5, 5.41) is 6.49. The molecule has 4 rings (SSSR count). The van der Waals surface area contributed by atoms with Crippen molar-refractivity contribution in [3.05, 3.63) is 24.3 Å². The highest BCUT2D eigenvalue weighted by Crippen LogP contribution is 2.17. The molecule has 1 unspecified atom stereocenters. The van der Waals surface area contributed by atoms with Crippen LogP contribution in [0.25, 0.3) is 11.1 Å². The van der Waals surface area contributed by atoms with Crippen LogP contribution >= 0.6 is 0 Å². The summed E-state index contributed by atoms with van der Waals surface area (Å²) in [5.41, 5.74) is 1.64. The van der Waals surface area contributed by atoms with Crippen LogP contribution < -0.4 is 20.5 Å². The first-order valence-corrected chi connectivity index (χ1v) is 7.79. The maximum atomic E-state index is 5.69. The van der Waals surface area contributed by atoms with Gasteiger partial charge in [-0.25, -0.2) is 10.3 Å². The molecule has 3 heterocycles. The lowest BCUT2D eigenvalue weighted by Gasteiger charge is -2.22. The molecule has 0 bridgehead atoms. The Morgan fingerprint density at radius 1 is 1.41 bits per heavy atom. The zero-order valence-electron chi connectivity index (χ0n) is 12.4. The number of nitrogens with one attached hydrogen (secondary N) is 4. The number of nitrogens with zero attached hydrogens (tertiary/aromatic N) is 1. The smallest absolute Gasteiger partial charge is 0.365 e. The second-order valence-electron chi connectivity index (χ2n) is 5.78. The first-order valence-electron chi connectivity index (χ1n) is 7.79. The number of oxazole rings is 1. The molecule has 1 saturated heterocycles. The summed E-state index contributed by atoms with van der Waals surface area (Å²) in [6.07, 6.45) is 2.78. The average Bonchev–Trinajstić information content (AvgIpc) is 3.18. The summed E-state index contributed by atoms with van der Waals surface area (Å²) in [7, 11) is 0. The van der Waals surface area contributed by atoms with Crippen molar-refractivity contribution in [3.8, 4) is 0 Å². The Labute approximate surface area is 128 Å². The number of fused-ring (bicyclic) bond motifs is 1. The van der Waals surface area contributed by atoms with Crippen molar-refractivity contribution in [2.45, 2.75) is 18.9 Å². The summed E-state index contributed by atoms with van der Waals surface area (Å²) in [4.78, 5) is 9.18. The third-order valence-electron chi connectivity index (χ3n) is 4.10. The van der Waals surface area contributed by atoms with Gasteiger partial charge in [-0.15, -0.1) is 0 Å². The lowest BCUT2D eigenvalue weighted by atomic mass is 10.2. The molecule has 4 N–H and O–H groups in total. The Kier molecular flexibility index (Phi) is 3.65. The maximum Gasteiger partial charge on any atom is 0.365 e. The molecule has 0 radical (unpaired) electrons. The van der Waals surface area contributed by atoms with Crippen molar-refractivity contribution < 1.29 is 19.0 Å². The molecular formula is C15H21N5O2+2. The van der Waals surface area contributed by atoms with Gasteiger partial charge in [0.05, 0.1) is 0 Å². The largest absolute Gasteiger partial charge is 0.412 e. The van der Waals surface area contributed by atoms with E-state index < -0.39 is 0 Å². The van der Waals surface area contributed by atoms with E-state index in [1.54, 1.807) is 0 Å². The van der Waals surface area contributed by atoms with Gasteiger partial charge in [0.25, 0.3) is 0 Å². The molecule has 7 nitrogen and oxygen atoms in total. The Morgan fingerprint density at radius 2 is 2.36 bits per heavy atom. The molecule has 1 aromatic carbocycles. The van der Waals surface area contributed by atoms with Gasteiger partial charge in [0.15, 0.2) is 18.9 Å². The highest BCUT2D eigenvalue weighted by Gasteiger charge is 2.26. The zero-order chi connectivity index (χ0) is 14.8. The van der Waals surface area contributed by atoms with Gasteiger partial charge < -0.3 is 9.15 Å². The van der Waals surface area contributed by atoms with E-state index in [1.165, 1.54) is 17.7 Å². The molecule has 116 valence electrons. The normalized spacial score (nSPS) is 25.0. The quantitative estimate of drug-likeness (QED) is 0.541. The molecule has 2 aliphatic rings. The van der Waals surface area contributed by atoms with Gasteiger partial charge in [-0.2, -0.15) is 10.3 Å². The first-order chi connectivity index (χ1) is 10.9. The minimum Gasteiger partial charge on any atom is -0.412 e. The van der Waals surface area contributed by atoms with Gasteiger partial charge in [-0.1, -0.05) is 12.1 Å². The SMILES string of the molecule is c1ccc2oc(NC3=[NH+]C[NH+](C[C@H]4CCCO4)CN3)nc2c1. The minimum atomic E-state index is 0.408. The highest BCUT2D eigenvalue weighted by molar-refractivity contribution is 5.88. The second-order valence-corrected chi connectivity index (χ2v) is 5.78. The number of quaternary nitrogens is 1. The van der Waals surface area contributed by atoms with Crippen LogP contribution in [0.4, 0.5) is 6.01 Å². The van der Waals surface area contributed by atoms with E-state index in [-0.39, 0.29) is 0 Å². The summed E-state index contributed by atoms with van der Waals surface area (Å²) in [5.74, 6) is 0.836. The van der Waals surface area contributed by atoms with E-state index in [4.69, 9.17) is 9.15 Å². The number of guanidine groups is 1. The van der Waals surface area contributed by atoms with Crippen LogP contribution in [0.2, 0.25) is 0 Å². The lowest BCUT2D eigenvalue weighted by molar-refractivity contribution is -0.982. The minimum absolute atomic E-state index is 0.408. The molecule has 0 saturated carbocycles. The first kappa shape index (κ1) is 13.5. The highest BCUT2D eigenvalue weighted by atomic mass is 16.5. The van der Waals surface area contributed by atoms with Crippen molar-refractivity contribution in [2.75, 3.05) is 31.8 Å². The number of aromatic nitrogens is 1. The Hall–Kier alpha value is -2.12. The monoisotopic (exact) mass is 303 g/mol. The number of para-hydroxylation sites is 2. The molecule has 2 aliphatic heterocycles. The van der Waals surface area contributed by atoms with Gasteiger partial charge in [-0.05, 0) is 25.0 Å². The van der Waals surface area contributed by atoms with E-state index in [0.717, 1.165) is 43.5 Å². The van der Waals surface area contributed by atoms with Gasteiger partial charge in [0, 0.05) is 6.61 Å². The fraction of sp³-hybridized carbons (Fsp3) is 0.467. The Balaban J connectivity index is 1.36. The van der Waals surface area contributed by atoms with Crippen LogP contribution in [0.3, 0.4) is 0 Å². The summed E-state index contributed by atoms with van der Waals surface area (Å²) >= 11 is 0. The van der Waals surface area contributed by atoms with Crippen molar-refractivity contribution >= 4 is 23.1 Å². The topological polar surface area (TPSA) is 77.7 Å². The van der Waals surface area contributed by atoms with E-state index >= 15 is 0 Å². The molecule has 22 heavy (non-hydrogen) atoms. The summed E-state index contributed by atoms with van der Waals surface area (Å²) in [6.45, 7) is 3.66. The number of ether oxygens (including phenoxy) is 1. The number of hydrogen-bond donors (Lipinski definition) is 4. The van der Waals surface area contributed by atoms with E-state index in [2.05, 4.69) is 20.6 Å². The van der Waals surface area contributed by atoms with Crippen LogP contribution in [0, 0.1) is 0 Å². The van der Waals surface area contributed by atoms with Crippen LogP contribution in [0.5, 0.6) is 0 Å². The van der Waals surface area contributed by atoms with Crippen molar-refractivity contribution in [3.63, 3.8) is 0 Å². The van der Waals surface area contributed by atoms with Crippen molar-refractivity contribution in [1.29, 1.82) is 0 Å². The molecule has 1 aromatic heterocycles. The molecule has 0 spiro atoms. The number of anilines is 1. The molecule has 1 fully saturated rings. The van der Waals surface area contributed by atoms with Crippen LogP contribution in [0.15, 0.2) is 28.7 Å². The molecule has 2 atom stereocenters. The Morgan fingerprint density at radius 3 is 3.14 bits per heavy atom. The number of hydrogen-bond acceptors (Lipinski definition) is 5. The molecule has 0 aliphatic carbocycles. The van der Waals surface area contributed by atoms with E-state index in [1.807, 2.05) is 24.3 Å². The summed E-state index contributed by atoms with van der Waals surface area (Å²) in [6, 6.07) is 8.23. The van der Waals surface area contributed by atoms with Crippen molar-refractivity contribution in [1.82, 2.24) is 10.3 Å². The van der Waals surface area contributed by atoms with Crippen molar-refractivity contribution in [2.24, 2.45) is 0 Å². The molecule has 2 aromatic rings. The van der Waals surface area contributed by atoms with Gasteiger partial charge in [-0.3, -0.25) is 4.90 Å². The molecular weight excluding hydrogens is 282 g/mol. The van der Waals surface area contributed by atoms with E-state index in [9.17, 15) is 0 Å². The van der Waals surface area contributed by atoms with Crippen LogP contribution in [-0.2, 0) is 4.74 Å². The third-order valence-corrected chi connectivity index (χ3v) is 4.10. The predicted molar refractivity (Wildman–Crippen MR) is 81.3 cm³/mol. The van der Waals surface area contributed by atoms with Crippen LogP contribution in [-0.4, -0.2) is 43.5 Å². The molecule has 0 amide bonds. The third kappa shape index (κ3) is 2.90. The van der Waals surface area contributed by atoms with E-state index in [0.29, 0.717) is 12.1 Å². The van der Waals surface area contributed by atoms with Crippen LogP contribution in [0.1, 0.15) is 12.8 Å². The standard InChI is InChI=1S/C15H19N5O2/c1-2-6-13-12(5-1)18-15(22-13)19-14-16-9-20(10-17-14)8-11-4-3-7-21-11/h1-2,5-6,11H,3-4,7-10H2,(H2,16,17,18,19)/p+2/t11-/m1/s1. The predicted octanol–water partition coefficient (Wildman–Crippen LogP) is -1.74. The zero-order valence-corrected chi connectivity index (χ0v) is 12.4. The van der Waals surface area contributed by atoms with Gasteiger partial charge >= 0.3 is 12.0 Å². The van der Waals surface area contributed by atoms with Gasteiger partial charge in [0.2, 0.25) is 0 Å².